The zero-order valence-corrected chi connectivity index (χ0v) is 5.38. The van der Waals surface area contributed by atoms with Gasteiger partial charge in [0.05, 0.1) is 0 Å². The van der Waals surface area contributed by atoms with Gasteiger partial charge in [0, 0.05) is 7.05 Å². The molecule has 3 N–H and O–H groups in total. The van der Waals surface area contributed by atoms with Crippen LogP contribution in [0.3, 0.4) is 0 Å². The van der Waals surface area contributed by atoms with Gasteiger partial charge in [-0.3, -0.25) is 4.84 Å². The molecule has 0 rings (SSSR count). The van der Waals surface area contributed by atoms with E-state index in [0.29, 0.717) is 0 Å². The molecule has 6 heteroatoms. The van der Waals surface area contributed by atoms with Gasteiger partial charge in [0.1, 0.15) is 0 Å². The third kappa shape index (κ3) is 4.85. The highest BCUT2D eigenvalue weighted by atomic mass is 16.7. The zero-order chi connectivity index (χ0) is 7.98. The molecule has 0 heterocycles. The molecule has 0 unspecified atom stereocenters. The van der Waals surface area contributed by atoms with Crippen molar-refractivity contribution in [2.75, 3.05) is 13.7 Å². The fourth-order valence-electron chi connectivity index (χ4n) is 0.214. The lowest BCUT2D eigenvalue weighted by molar-refractivity contribution is -0.144. The van der Waals surface area contributed by atoms with Crippen molar-refractivity contribution in [2.45, 2.75) is 0 Å². The Morgan fingerprint density at radius 2 is 2.20 bits per heavy atom. The van der Waals surface area contributed by atoms with Crippen molar-refractivity contribution >= 4 is 12.0 Å². The minimum atomic E-state index is -1.14. The predicted octanol–water partition coefficient (Wildman–Crippen LogP) is -1.07. The number of amides is 2. The van der Waals surface area contributed by atoms with Crippen molar-refractivity contribution < 1.29 is 19.5 Å². The normalized spacial score (nSPS) is 8.50. The molecule has 10 heavy (non-hydrogen) atoms. The van der Waals surface area contributed by atoms with Crippen molar-refractivity contribution in [1.82, 2.24) is 10.8 Å². The Morgan fingerprint density at radius 3 is 2.60 bits per heavy atom. The summed E-state index contributed by atoms with van der Waals surface area (Å²) in [5.74, 6) is -1.14. The van der Waals surface area contributed by atoms with Crippen molar-refractivity contribution in [3.8, 4) is 0 Å². The Kier molecular flexibility index (Phi) is 3.97. The monoisotopic (exact) mass is 148 g/mol. The van der Waals surface area contributed by atoms with Gasteiger partial charge in [-0.15, -0.1) is 0 Å². The summed E-state index contributed by atoms with van der Waals surface area (Å²) in [6.45, 7) is -0.548. The molecule has 2 amide bonds. The van der Waals surface area contributed by atoms with Crippen LogP contribution in [0.5, 0.6) is 0 Å². The molecule has 0 aliphatic carbocycles. The van der Waals surface area contributed by atoms with E-state index < -0.39 is 18.6 Å². The standard InChI is InChI=1S/C4H8N2O4/c1-5-4(9)6-10-2-3(7)8/h2H2,1H3,(H,7,8)(H2,5,6,9). The van der Waals surface area contributed by atoms with Gasteiger partial charge >= 0.3 is 12.0 Å². The van der Waals surface area contributed by atoms with E-state index in [0.717, 1.165) is 0 Å². The third-order valence-corrected chi connectivity index (χ3v) is 0.588. The Morgan fingerprint density at radius 1 is 1.60 bits per heavy atom. The van der Waals surface area contributed by atoms with Crippen LogP contribution in [0.15, 0.2) is 0 Å². The molecule has 0 spiro atoms. The van der Waals surface area contributed by atoms with E-state index in [9.17, 15) is 9.59 Å². The average molecular weight is 148 g/mol. The first kappa shape index (κ1) is 8.70. The summed E-state index contributed by atoms with van der Waals surface area (Å²) in [5.41, 5.74) is 1.83. The Balaban J connectivity index is 3.20. The van der Waals surface area contributed by atoms with Crippen LogP contribution in [0.2, 0.25) is 0 Å². The second kappa shape index (κ2) is 4.57. The first-order valence-corrected chi connectivity index (χ1v) is 2.48. The molecule has 0 fully saturated rings. The summed E-state index contributed by atoms with van der Waals surface area (Å²) >= 11 is 0. The molecule has 0 saturated heterocycles. The van der Waals surface area contributed by atoms with Crippen LogP contribution in [0.1, 0.15) is 0 Å². The van der Waals surface area contributed by atoms with Crippen LogP contribution in [-0.4, -0.2) is 30.8 Å². The Hall–Kier alpha value is -1.30. The first-order chi connectivity index (χ1) is 4.66. The summed E-state index contributed by atoms with van der Waals surface area (Å²) in [5, 5.41) is 10.2. The number of hydrogen-bond acceptors (Lipinski definition) is 3. The van der Waals surface area contributed by atoms with Gasteiger partial charge in [-0.1, -0.05) is 0 Å². The molecule has 0 aromatic heterocycles. The maximum absolute atomic E-state index is 10.3. The smallest absolute Gasteiger partial charge is 0.338 e. The number of carbonyl (C=O) groups is 2. The second-order valence-corrected chi connectivity index (χ2v) is 1.36. The van der Waals surface area contributed by atoms with E-state index in [1.165, 1.54) is 7.05 Å². The first-order valence-electron chi connectivity index (χ1n) is 2.48. The maximum atomic E-state index is 10.3. The number of urea groups is 1. The largest absolute Gasteiger partial charge is 0.479 e. The summed E-state index contributed by atoms with van der Waals surface area (Å²) in [7, 11) is 1.39. The van der Waals surface area contributed by atoms with Crippen molar-refractivity contribution in [3.63, 3.8) is 0 Å². The molecule has 0 aliphatic heterocycles. The number of hydroxylamine groups is 1. The van der Waals surface area contributed by atoms with Gasteiger partial charge < -0.3 is 10.4 Å². The lowest BCUT2D eigenvalue weighted by atomic mass is 10.8. The van der Waals surface area contributed by atoms with E-state index in [1.54, 1.807) is 0 Å². The van der Waals surface area contributed by atoms with Gasteiger partial charge in [-0.05, 0) is 0 Å². The molecule has 0 radical (unpaired) electrons. The number of carboxylic acids is 1. The second-order valence-electron chi connectivity index (χ2n) is 1.36. The van der Waals surface area contributed by atoms with E-state index in [4.69, 9.17) is 5.11 Å². The molecular weight excluding hydrogens is 140 g/mol. The highest BCUT2D eigenvalue weighted by Gasteiger charge is 1.98. The van der Waals surface area contributed by atoms with E-state index >= 15 is 0 Å². The van der Waals surface area contributed by atoms with Gasteiger partial charge in [0.25, 0.3) is 0 Å². The molecule has 0 saturated carbocycles. The number of nitrogens with one attached hydrogen (secondary N) is 2. The van der Waals surface area contributed by atoms with Crippen LogP contribution in [-0.2, 0) is 9.63 Å². The summed E-state index contributed by atoms with van der Waals surface area (Å²) in [4.78, 5) is 24.2. The topological polar surface area (TPSA) is 87.7 Å². The molecule has 0 atom stereocenters. The summed E-state index contributed by atoms with van der Waals surface area (Å²) in [6.07, 6.45) is 0. The SMILES string of the molecule is CNC(=O)NOCC(=O)O. The maximum Gasteiger partial charge on any atom is 0.338 e. The third-order valence-electron chi connectivity index (χ3n) is 0.588. The zero-order valence-electron chi connectivity index (χ0n) is 5.38. The number of carbonyl (C=O) groups excluding carboxylic acids is 1. The minimum absolute atomic E-state index is 0.548. The lowest BCUT2D eigenvalue weighted by Crippen LogP contribution is -2.34. The summed E-state index contributed by atoms with van der Waals surface area (Å²) < 4.78 is 0. The van der Waals surface area contributed by atoms with Gasteiger partial charge in [0.15, 0.2) is 6.61 Å². The van der Waals surface area contributed by atoms with Crippen molar-refractivity contribution in [3.05, 3.63) is 0 Å². The fourth-order valence-corrected chi connectivity index (χ4v) is 0.214. The summed E-state index contributed by atoms with van der Waals surface area (Å²) in [6, 6.07) is -0.582. The highest BCUT2D eigenvalue weighted by Crippen LogP contribution is 1.67. The molecule has 6 nitrogen and oxygen atoms in total. The molecule has 0 aromatic rings. The minimum Gasteiger partial charge on any atom is -0.479 e. The van der Waals surface area contributed by atoms with Crippen LogP contribution in [0.25, 0.3) is 0 Å². The van der Waals surface area contributed by atoms with Crippen LogP contribution in [0, 0.1) is 0 Å². The van der Waals surface area contributed by atoms with E-state index in [1.807, 2.05) is 5.48 Å². The molecule has 58 valence electrons. The highest BCUT2D eigenvalue weighted by molar-refractivity contribution is 5.73. The van der Waals surface area contributed by atoms with Gasteiger partial charge in [-0.25, -0.2) is 15.1 Å². The fraction of sp³-hybridized carbons (Fsp3) is 0.500. The molecular formula is C4H8N2O4. The number of hydrogen-bond donors (Lipinski definition) is 3. The van der Waals surface area contributed by atoms with E-state index in [2.05, 4.69) is 10.2 Å². The average Bonchev–Trinajstić information content (AvgIpc) is 1.87. The van der Waals surface area contributed by atoms with Crippen molar-refractivity contribution in [1.29, 1.82) is 0 Å². The van der Waals surface area contributed by atoms with Crippen LogP contribution in [0.4, 0.5) is 4.79 Å². The van der Waals surface area contributed by atoms with E-state index in [-0.39, 0.29) is 0 Å². The quantitative estimate of drug-likeness (QED) is 0.445. The van der Waals surface area contributed by atoms with Gasteiger partial charge in [0.2, 0.25) is 0 Å². The molecule has 0 aliphatic rings. The Labute approximate surface area is 57.1 Å². The lowest BCUT2D eigenvalue weighted by Gasteiger charge is -2.00. The predicted molar refractivity (Wildman–Crippen MR) is 31.2 cm³/mol. The number of carboxylic acid groups (broad SMARTS) is 1. The Bertz CT molecular complexity index is 135. The number of aliphatic carboxylic acids is 1. The number of rotatable bonds is 3. The van der Waals surface area contributed by atoms with Gasteiger partial charge in [-0.2, -0.15) is 0 Å². The molecule has 0 bridgehead atoms. The van der Waals surface area contributed by atoms with Crippen LogP contribution >= 0.6 is 0 Å². The van der Waals surface area contributed by atoms with Crippen molar-refractivity contribution in [2.24, 2.45) is 0 Å². The van der Waals surface area contributed by atoms with Crippen LogP contribution < -0.4 is 10.8 Å². The molecule has 0 aromatic carbocycles.